The number of anilines is 1. The Morgan fingerprint density at radius 1 is 1.09 bits per heavy atom. The molecule has 1 N–H and O–H groups in total. The van der Waals surface area contributed by atoms with E-state index in [4.69, 9.17) is 4.74 Å². The lowest BCUT2D eigenvalue weighted by molar-refractivity contribution is 0.0950. The zero-order chi connectivity index (χ0) is 21.9. The molecule has 1 fully saturated rings. The Balaban J connectivity index is 1.21. The number of hydrogen-bond acceptors (Lipinski definition) is 5. The van der Waals surface area contributed by atoms with E-state index in [1.54, 1.807) is 13.3 Å². The van der Waals surface area contributed by atoms with Crippen molar-refractivity contribution in [3.63, 3.8) is 0 Å². The van der Waals surface area contributed by atoms with Crippen LogP contribution in [0.2, 0.25) is 0 Å². The van der Waals surface area contributed by atoms with Crippen LogP contribution in [0.4, 0.5) is 5.82 Å². The summed E-state index contributed by atoms with van der Waals surface area (Å²) in [6.45, 7) is 4.47. The molecule has 6 heteroatoms. The summed E-state index contributed by atoms with van der Waals surface area (Å²) in [5, 5.41) is 3.00. The molecule has 0 saturated carbocycles. The summed E-state index contributed by atoms with van der Waals surface area (Å²) in [7, 11) is 1.64. The Labute approximate surface area is 188 Å². The predicted molar refractivity (Wildman–Crippen MR) is 125 cm³/mol. The minimum atomic E-state index is -0.0910. The van der Waals surface area contributed by atoms with E-state index < -0.39 is 0 Å². The molecule has 0 aliphatic carbocycles. The van der Waals surface area contributed by atoms with Crippen molar-refractivity contribution in [2.45, 2.75) is 25.6 Å². The molecule has 3 aromatic rings. The first-order chi connectivity index (χ1) is 15.7. The van der Waals surface area contributed by atoms with Crippen LogP contribution in [0, 0.1) is 0 Å². The third kappa shape index (κ3) is 4.32. The van der Waals surface area contributed by atoms with Crippen molar-refractivity contribution in [2.75, 3.05) is 31.6 Å². The molecule has 0 radical (unpaired) electrons. The maximum absolute atomic E-state index is 12.7. The molecule has 1 aromatic heterocycles. The maximum Gasteiger partial charge on any atom is 0.253 e. The van der Waals surface area contributed by atoms with Crippen molar-refractivity contribution in [1.29, 1.82) is 0 Å². The monoisotopic (exact) mass is 428 g/mol. The van der Waals surface area contributed by atoms with Gasteiger partial charge in [-0.15, -0.1) is 0 Å². The number of carbonyl (C=O) groups excluding carboxylic acids is 1. The van der Waals surface area contributed by atoms with E-state index in [1.807, 2.05) is 30.3 Å². The first-order valence-corrected chi connectivity index (χ1v) is 11.1. The molecule has 2 aliphatic heterocycles. The smallest absolute Gasteiger partial charge is 0.253 e. The van der Waals surface area contributed by atoms with Crippen LogP contribution in [0.25, 0.3) is 0 Å². The second-order valence-electron chi connectivity index (χ2n) is 8.51. The van der Waals surface area contributed by atoms with Crippen molar-refractivity contribution < 1.29 is 9.53 Å². The lowest BCUT2D eigenvalue weighted by Crippen LogP contribution is -2.51. The molecule has 164 valence electrons. The van der Waals surface area contributed by atoms with Gasteiger partial charge in [-0.3, -0.25) is 9.69 Å². The van der Waals surface area contributed by atoms with Gasteiger partial charge in [-0.1, -0.05) is 42.5 Å². The van der Waals surface area contributed by atoms with Gasteiger partial charge in [-0.25, -0.2) is 4.98 Å². The zero-order valence-electron chi connectivity index (χ0n) is 18.3. The SMILES string of the molecule is COc1ccc(CNC(=O)c2cnc3c(c2)CC2CN(Cc4ccccc4)CCN32)cc1. The van der Waals surface area contributed by atoms with Gasteiger partial charge in [0.1, 0.15) is 11.6 Å². The fourth-order valence-electron chi connectivity index (χ4n) is 4.68. The summed E-state index contributed by atoms with van der Waals surface area (Å²) in [4.78, 5) is 22.3. The van der Waals surface area contributed by atoms with Crippen LogP contribution in [0.1, 0.15) is 27.0 Å². The minimum absolute atomic E-state index is 0.0910. The van der Waals surface area contributed by atoms with E-state index in [-0.39, 0.29) is 5.91 Å². The number of carbonyl (C=O) groups is 1. The number of aromatic nitrogens is 1. The van der Waals surface area contributed by atoms with E-state index in [9.17, 15) is 4.79 Å². The highest BCUT2D eigenvalue weighted by molar-refractivity contribution is 5.94. The molecule has 2 aliphatic rings. The molecule has 0 bridgehead atoms. The normalized spacial score (nSPS) is 17.5. The lowest BCUT2D eigenvalue weighted by atomic mass is 10.1. The molecular formula is C26H28N4O2. The fourth-order valence-corrected chi connectivity index (χ4v) is 4.68. The summed E-state index contributed by atoms with van der Waals surface area (Å²) in [5.74, 6) is 1.76. The number of pyridine rings is 1. The average molecular weight is 429 g/mol. The van der Waals surface area contributed by atoms with Crippen molar-refractivity contribution in [2.24, 2.45) is 0 Å². The predicted octanol–water partition coefficient (Wildman–Crippen LogP) is 3.27. The van der Waals surface area contributed by atoms with Gasteiger partial charge in [-0.2, -0.15) is 0 Å². The van der Waals surface area contributed by atoms with Crippen LogP contribution in [-0.4, -0.2) is 48.6 Å². The van der Waals surface area contributed by atoms with Crippen molar-refractivity contribution in [3.05, 3.63) is 89.1 Å². The van der Waals surface area contributed by atoms with E-state index in [0.29, 0.717) is 18.2 Å². The number of ether oxygens (including phenoxy) is 1. The molecule has 1 atom stereocenters. The van der Waals surface area contributed by atoms with Crippen molar-refractivity contribution in [1.82, 2.24) is 15.2 Å². The molecule has 1 amide bonds. The maximum atomic E-state index is 12.7. The Morgan fingerprint density at radius 2 is 1.91 bits per heavy atom. The standard InChI is InChI=1S/C26H28N4O2/c1-32-24-9-7-19(8-10-24)15-28-26(31)22-13-21-14-23-18-29(17-20-5-3-2-4-6-20)11-12-30(23)25(21)27-16-22/h2-10,13,16,23H,11-12,14-15,17-18H2,1H3,(H,28,31). The molecule has 5 rings (SSSR count). The second kappa shape index (κ2) is 9.01. The Bertz CT molecular complexity index is 1080. The Morgan fingerprint density at radius 3 is 2.69 bits per heavy atom. The number of hydrogen-bond donors (Lipinski definition) is 1. The van der Waals surface area contributed by atoms with Gasteiger partial charge < -0.3 is 15.0 Å². The third-order valence-electron chi connectivity index (χ3n) is 6.36. The zero-order valence-corrected chi connectivity index (χ0v) is 18.3. The quantitative estimate of drug-likeness (QED) is 0.653. The molecule has 3 heterocycles. The first-order valence-electron chi connectivity index (χ1n) is 11.1. The third-order valence-corrected chi connectivity index (χ3v) is 6.36. The van der Waals surface area contributed by atoms with Crippen LogP contribution in [0.3, 0.4) is 0 Å². The van der Waals surface area contributed by atoms with E-state index >= 15 is 0 Å². The van der Waals surface area contributed by atoms with Gasteiger partial charge in [0.2, 0.25) is 0 Å². The second-order valence-corrected chi connectivity index (χ2v) is 8.51. The number of nitrogens with one attached hydrogen (secondary N) is 1. The summed E-state index contributed by atoms with van der Waals surface area (Å²) < 4.78 is 5.18. The van der Waals surface area contributed by atoms with E-state index in [2.05, 4.69) is 50.4 Å². The van der Waals surface area contributed by atoms with Crippen LogP contribution in [-0.2, 0) is 19.5 Å². The topological polar surface area (TPSA) is 57.7 Å². The molecule has 0 spiro atoms. The van der Waals surface area contributed by atoms with Crippen LogP contribution >= 0.6 is 0 Å². The summed E-state index contributed by atoms with van der Waals surface area (Å²) in [6.07, 6.45) is 2.65. The van der Waals surface area contributed by atoms with Crippen LogP contribution in [0.5, 0.6) is 5.75 Å². The average Bonchev–Trinajstić information content (AvgIpc) is 3.20. The number of piperazine rings is 1. The number of nitrogens with zero attached hydrogens (tertiary/aromatic N) is 3. The summed E-state index contributed by atoms with van der Waals surface area (Å²) in [6, 6.07) is 20.8. The molecule has 6 nitrogen and oxygen atoms in total. The highest BCUT2D eigenvalue weighted by atomic mass is 16.5. The summed E-state index contributed by atoms with van der Waals surface area (Å²) >= 11 is 0. The van der Waals surface area contributed by atoms with E-state index in [0.717, 1.165) is 49.7 Å². The van der Waals surface area contributed by atoms with E-state index in [1.165, 1.54) is 11.1 Å². The Kier molecular flexibility index (Phi) is 5.77. The summed E-state index contributed by atoms with van der Waals surface area (Å²) in [5.41, 5.74) is 4.18. The lowest BCUT2D eigenvalue weighted by Gasteiger charge is -2.38. The highest BCUT2D eigenvalue weighted by Gasteiger charge is 2.35. The minimum Gasteiger partial charge on any atom is -0.497 e. The largest absolute Gasteiger partial charge is 0.497 e. The molecule has 1 saturated heterocycles. The van der Waals surface area contributed by atoms with Gasteiger partial charge in [0.05, 0.1) is 12.7 Å². The number of rotatable bonds is 6. The van der Waals surface area contributed by atoms with Gasteiger partial charge in [0.15, 0.2) is 0 Å². The molecular weight excluding hydrogens is 400 g/mol. The number of methoxy groups -OCH3 is 1. The molecule has 32 heavy (non-hydrogen) atoms. The highest BCUT2D eigenvalue weighted by Crippen LogP contribution is 2.33. The van der Waals surface area contributed by atoms with Crippen molar-refractivity contribution in [3.8, 4) is 5.75 Å². The number of benzene rings is 2. The van der Waals surface area contributed by atoms with Gasteiger partial charge in [0.25, 0.3) is 5.91 Å². The Hall–Kier alpha value is -3.38. The fraction of sp³-hybridized carbons (Fsp3) is 0.308. The number of fused-ring (bicyclic) bond motifs is 3. The first kappa shape index (κ1) is 20.5. The van der Waals surface area contributed by atoms with Gasteiger partial charge in [-0.05, 0) is 41.3 Å². The number of amides is 1. The molecule has 2 aromatic carbocycles. The van der Waals surface area contributed by atoms with Crippen molar-refractivity contribution >= 4 is 11.7 Å². The van der Waals surface area contributed by atoms with Crippen LogP contribution in [0.15, 0.2) is 66.9 Å². The van der Waals surface area contributed by atoms with Gasteiger partial charge >= 0.3 is 0 Å². The van der Waals surface area contributed by atoms with Gasteiger partial charge in [0, 0.05) is 45.0 Å². The molecule has 1 unspecified atom stereocenters. The van der Waals surface area contributed by atoms with Crippen LogP contribution < -0.4 is 15.0 Å².